The van der Waals surface area contributed by atoms with Gasteiger partial charge in [0.25, 0.3) is 5.91 Å². The molecule has 1 spiro atoms. The normalized spacial score (nSPS) is 29.3. The van der Waals surface area contributed by atoms with E-state index in [9.17, 15) is 19.5 Å². The smallest absolute Gasteiger partial charge is 0.251 e. The maximum Gasteiger partial charge on any atom is 0.251 e. The summed E-state index contributed by atoms with van der Waals surface area (Å²) in [6, 6.07) is 12.5. The third-order valence-electron chi connectivity index (χ3n) is 9.49. The number of hydrogen-bond acceptors (Lipinski definition) is 5. The Morgan fingerprint density at radius 3 is 2.50 bits per heavy atom. The van der Waals surface area contributed by atoms with Gasteiger partial charge in [0.2, 0.25) is 11.8 Å². The van der Waals surface area contributed by atoms with E-state index in [2.05, 4.69) is 29.1 Å². The van der Waals surface area contributed by atoms with E-state index >= 15 is 0 Å². The Bertz CT molecular complexity index is 1400. The highest BCUT2D eigenvalue weighted by molar-refractivity contribution is 9.09. The fourth-order valence-electron chi connectivity index (χ4n) is 7.28. The highest BCUT2D eigenvalue weighted by Crippen LogP contribution is 2.68. The molecule has 3 heterocycles. The van der Waals surface area contributed by atoms with Gasteiger partial charge in [-0.15, -0.1) is 24.9 Å². The summed E-state index contributed by atoms with van der Waals surface area (Å²) in [7, 11) is 1.73. The third-order valence-corrected chi connectivity index (χ3v) is 12.7. The number of likely N-dealkylation sites (N-methyl/N-ethyl adjacent to an activating group) is 1. The number of amides is 3. The Balaban J connectivity index is 1.64. The summed E-state index contributed by atoms with van der Waals surface area (Å²) >= 11 is 5.46. The number of aliphatic hydroxyl groups excluding tert-OH is 1. The Kier molecular flexibility index (Phi) is 8.93. The quantitative estimate of drug-likeness (QED) is 0.276. The Labute approximate surface area is 261 Å². The van der Waals surface area contributed by atoms with Crippen molar-refractivity contribution in [3.8, 4) is 0 Å². The van der Waals surface area contributed by atoms with Crippen LogP contribution in [0.5, 0.6) is 0 Å². The molecule has 224 valence electrons. The third kappa shape index (κ3) is 4.81. The average molecular weight is 655 g/mol. The Morgan fingerprint density at radius 2 is 1.86 bits per heavy atom. The number of fused-ring (bicyclic) bond motifs is 2. The molecule has 0 saturated carbocycles. The van der Waals surface area contributed by atoms with E-state index in [1.54, 1.807) is 45.7 Å². The van der Waals surface area contributed by atoms with Gasteiger partial charge in [0.1, 0.15) is 6.04 Å². The second-order valence-electron chi connectivity index (χ2n) is 11.8. The van der Waals surface area contributed by atoms with E-state index in [-0.39, 0.29) is 46.9 Å². The first-order valence-corrected chi connectivity index (χ1v) is 16.5. The maximum absolute atomic E-state index is 15.0. The summed E-state index contributed by atoms with van der Waals surface area (Å²) in [6.07, 6.45) is 4.69. The van der Waals surface area contributed by atoms with Gasteiger partial charge in [-0.05, 0) is 35.2 Å². The molecule has 2 aromatic carbocycles. The topological polar surface area (TPSA) is 81.2 Å². The van der Waals surface area contributed by atoms with Gasteiger partial charge in [-0.25, -0.2) is 0 Å². The van der Waals surface area contributed by atoms with E-state index in [1.807, 2.05) is 56.3 Å². The minimum atomic E-state index is -0.842. The molecule has 0 radical (unpaired) electrons. The number of halogens is 1. The van der Waals surface area contributed by atoms with Crippen LogP contribution in [0.1, 0.15) is 26.7 Å². The molecule has 3 fully saturated rings. The van der Waals surface area contributed by atoms with Crippen molar-refractivity contribution in [2.24, 2.45) is 17.8 Å². The van der Waals surface area contributed by atoms with Crippen LogP contribution in [0, 0.1) is 17.8 Å². The van der Waals surface area contributed by atoms with Gasteiger partial charge in [0.05, 0.1) is 29.2 Å². The number of nitrogens with zero attached hydrogens (tertiary/aromatic N) is 3. The van der Waals surface area contributed by atoms with Gasteiger partial charge >= 0.3 is 0 Å². The molecule has 42 heavy (non-hydrogen) atoms. The number of alkyl halides is 1. The standard InChI is InChI=1S/C33H40BrN3O4S/c1-6-15-35(5)30(39)26-27-31(40)37(25(19-38)20(4)8-3)29(33(27)18-24(34)28(26)42-33)32(41)36(16-7-2)23-14-13-21-11-9-10-12-22(21)17-23/h6-7,9-14,17,20,24-29,38H,1-2,8,15-16,18-19H2,3-5H3/t20-,24?,25-,26-,27-,28-,29?,33?/m0/s1. The van der Waals surface area contributed by atoms with E-state index in [0.29, 0.717) is 13.0 Å². The predicted molar refractivity (Wildman–Crippen MR) is 174 cm³/mol. The highest BCUT2D eigenvalue weighted by Gasteiger charge is 2.76. The minimum absolute atomic E-state index is 0.0300. The lowest BCUT2D eigenvalue weighted by Gasteiger charge is -2.41. The SMILES string of the molecule is C=CCN(C)C(=O)[C@H]1[C@H]2C(=O)N([C@@H](CO)[C@@H](C)CC)C(C(=O)N(CC=C)c3ccc4ccccc4c3)C23CC(Br)[C@@H]1S3. The first kappa shape index (κ1) is 30.8. The molecule has 9 heteroatoms. The van der Waals surface area contributed by atoms with Crippen molar-refractivity contribution in [3.63, 3.8) is 0 Å². The summed E-state index contributed by atoms with van der Waals surface area (Å²) in [5, 5.41) is 12.6. The fraction of sp³-hybridized carbons (Fsp3) is 0.485. The fourth-order valence-corrected chi connectivity index (χ4v) is 10.9. The van der Waals surface area contributed by atoms with E-state index in [4.69, 9.17) is 0 Å². The van der Waals surface area contributed by atoms with Crippen LogP contribution in [0.4, 0.5) is 5.69 Å². The average Bonchev–Trinajstić information content (AvgIpc) is 3.58. The van der Waals surface area contributed by atoms with Crippen molar-refractivity contribution in [1.82, 2.24) is 9.80 Å². The predicted octanol–water partition coefficient (Wildman–Crippen LogP) is 4.87. The second-order valence-corrected chi connectivity index (χ2v) is 14.5. The number of likely N-dealkylation sites (tertiary alicyclic amines) is 1. The zero-order valence-corrected chi connectivity index (χ0v) is 26.9. The number of hydrogen-bond donors (Lipinski definition) is 1. The molecular formula is C33H40BrN3O4S. The van der Waals surface area contributed by atoms with Gasteiger partial charge in [-0.3, -0.25) is 14.4 Å². The van der Waals surface area contributed by atoms with Crippen LogP contribution >= 0.6 is 27.7 Å². The van der Waals surface area contributed by atoms with Crippen molar-refractivity contribution in [1.29, 1.82) is 0 Å². The summed E-state index contributed by atoms with van der Waals surface area (Å²) in [6.45, 7) is 12.1. The molecular weight excluding hydrogens is 614 g/mol. The van der Waals surface area contributed by atoms with Crippen molar-refractivity contribution in [2.75, 3.05) is 31.6 Å². The first-order valence-electron chi connectivity index (χ1n) is 14.7. The number of aliphatic hydroxyl groups is 1. The van der Waals surface area contributed by atoms with E-state index < -0.39 is 28.7 Å². The molecule has 3 saturated heterocycles. The molecule has 3 amide bonds. The number of thioether (sulfide) groups is 1. The monoisotopic (exact) mass is 653 g/mol. The molecule has 0 aliphatic carbocycles. The Morgan fingerprint density at radius 1 is 1.17 bits per heavy atom. The molecule has 3 aliphatic rings. The number of carbonyl (C=O) groups excluding carboxylic acids is 3. The molecule has 7 nitrogen and oxygen atoms in total. The molecule has 5 rings (SSSR count). The van der Waals surface area contributed by atoms with Crippen LogP contribution in [0.3, 0.4) is 0 Å². The van der Waals surface area contributed by atoms with Gasteiger partial charge in [0, 0.05) is 35.9 Å². The molecule has 8 atom stereocenters. The van der Waals surface area contributed by atoms with Crippen molar-refractivity contribution < 1.29 is 19.5 Å². The van der Waals surface area contributed by atoms with Crippen LogP contribution in [0.15, 0.2) is 67.8 Å². The van der Waals surface area contributed by atoms with Gasteiger partial charge < -0.3 is 19.8 Å². The van der Waals surface area contributed by atoms with Gasteiger partial charge in [-0.1, -0.05) is 78.7 Å². The van der Waals surface area contributed by atoms with Crippen LogP contribution in [-0.2, 0) is 14.4 Å². The molecule has 3 unspecified atom stereocenters. The lowest BCUT2D eigenvalue weighted by atomic mass is 9.70. The number of rotatable bonds is 11. The molecule has 2 bridgehead atoms. The summed E-state index contributed by atoms with van der Waals surface area (Å²) in [5.74, 6) is -1.79. The number of benzene rings is 2. The second kappa shape index (κ2) is 12.2. The zero-order chi connectivity index (χ0) is 30.3. The minimum Gasteiger partial charge on any atom is -0.394 e. The van der Waals surface area contributed by atoms with Crippen LogP contribution in [-0.4, -0.2) is 86.3 Å². The molecule has 2 aromatic rings. The lowest BCUT2D eigenvalue weighted by Crippen LogP contribution is -2.59. The van der Waals surface area contributed by atoms with E-state index in [0.717, 1.165) is 22.9 Å². The van der Waals surface area contributed by atoms with Gasteiger partial charge in [0.15, 0.2) is 0 Å². The number of anilines is 1. The highest BCUT2D eigenvalue weighted by atomic mass is 79.9. The van der Waals surface area contributed by atoms with Crippen LogP contribution in [0.2, 0.25) is 0 Å². The lowest BCUT2D eigenvalue weighted by molar-refractivity contribution is -0.145. The van der Waals surface area contributed by atoms with Crippen molar-refractivity contribution in [2.45, 2.75) is 53.6 Å². The molecule has 1 N–H and O–H groups in total. The summed E-state index contributed by atoms with van der Waals surface area (Å²) < 4.78 is -0.806. The summed E-state index contributed by atoms with van der Waals surface area (Å²) in [4.78, 5) is 48.4. The summed E-state index contributed by atoms with van der Waals surface area (Å²) in [5.41, 5.74) is 0.723. The Hall–Kier alpha value is -2.62. The first-order chi connectivity index (χ1) is 20.1. The van der Waals surface area contributed by atoms with Crippen molar-refractivity contribution in [3.05, 3.63) is 67.8 Å². The van der Waals surface area contributed by atoms with E-state index in [1.165, 1.54) is 0 Å². The van der Waals surface area contributed by atoms with Crippen LogP contribution in [0.25, 0.3) is 10.8 Å². The zero-order valence-electron chi connectivity index (χ0n) is 24.5. The maximum atomic E-state index is 15.0. The number of carbonyl (C=O) groups is 3. The van der Waals surface area contributed by atoms with Gasteiger partial charge in [-0.2, -0.15) is 0 Å². The largest absolute Gasteiger partial charge is 0.394 e. The van der Waals surface area contributed by atoms with Crippen molar-refractivity contribution >= 4 is 61.9 Å². The molecule has 3 aliphatic heterocycles. The van der Waals surface area contributed by atoms with Crippen LogP contribution < -0.4 is 4.90 Å². The molecule has 0 aromatic heterocycles.